The van der Waals surface area contributed by atoms with Gasteiger partial charge < -0.3 is 30.2 Å². The number of hydrogen-bond acceptors (Lipinski definition) is 5. The van der Waals surface area contributed by atoms with Gasteiger partial charge in [-0.05, 0) is 49.5 Å². The van der Waals surface area contributed by atoms with E-state index in [4.69, 9.17) is 61.2 Å². The van der Waals surface area contributed by atoms with E-state index >= 15 is 0 Å². The molecular formula is C21H24Cl3N3O4S. The standard InChI is InChI=1S/C21H24Cl3N3O4S/c1-4-31-15-9-6-14(7-10-15)25-20(32)27-19(21(22,23)24)26-18(28)11-13-5-8-16(29-2)12-17(13)30-3/h5-10,12,19H,4,11H2,1-3H3,(H,26,28)(H2,25,27,32). The molecule has 174 valence electrons. The Morgan fingerprint density at radius 2 is 1.69 bits per heavy atom. The highest BCUT2D eigenvalue weighted by Crippen LogP contribution is 2.30. The van der Waals surface area contributed by atoms with Crippen LogP contribution in [0.1, 0.15) is 12.5 Å². The van der Waals surface area contributed by atoms with Gasteiger partial charge in [-0.2, -0.15) is 0 Å². The summed E-state index contributed by atoms with van der Waals surface area (Å²) in [5.74, 6) is 1.45. The first-order valence-electron chi connectivity index (χ1n) is 9.53. The van der Waals surface area contributed by atoms with Crippen LogP contribution in [0, 0.1) is 0 Å². The van der Waals surface area contributed by atoms with Crippen LogP contribution in [0.25, 0.3) is 0 Å². The molecule has 0 saturated carbocycles. The van der Waals surface area contributed by atoms with E-state index in [0.29, 0.717) is 29.4 Å². The summed E-state index contributed by atoms with van der Waals surface area (Å²) in [5, 5.41) is 8.60. The molecule has 0 aliphatic rings. The number of benzene rings is 2. The van der Waals surface area contributed by atoms with Crippen molar-refractivity contribution in [3.05, 3.63) is 48.0 Å². The second kappa shape index (κ2) is 12.2. The van der Waals surface area contributed by atoms with Crippen molar-refractivity contribution in [3.8, 4) is 17.2 Å². The average molecular weight is 521 g/mol. The van der Waals surface area contributed by atoms with Crippen molar-refractivity contribution in [1.29, 1.82) is 0 Å². The molecule has 0 heterocycles. The topological polar surface area (TPSA) is 80.9 Å². The highest BCUT2D eigenvalue weighted by Gasteiger charge is 2.34. The van der Waals surface area contributed by atoms with Crippen LogP contribution in [-0.4, -0.2) is 41.8 Å². The van der Waals surface area contributed by atoms with E-state index < -0.39 is 15.9 Å². The lowest BCUT2D eigenvalue weighted by Crippen LogP contribution is -2.56. The van der Waals surface area contributed by atoms with Crippen LogP contribution in [0.2, 0.25) is 0 Å². The van der Waals surface area contributed by atoms with Gasteiger partial charge in [0.05, 0.1) is 27.2 Å². The molecule has 1 atom stereocenters. The molecule has 0 radical (unpaired) electrons. The monoisotopic (exact) mass is 519 g/mol. The molecule has 7 nitrogen and oxygen atoms in total. The van der Waals surface area contributed by atoms with Crippen LogP contribution >= 0.6 is 47.0 Å². The maximum absolute atomic E-state index is 12.6. The quantitative estimate of drug-likeness (QED) is 0.256. The molecule has 1 unspecified atom stereocenters. The summed E-state index contributed by atoms with van der Waals surface area (Å²) in [6.45, 7) is 2.47. The number of anilines is 1. The van der Waals surface area contributed by atoms with Gasteiger partial charge in [-0.25, -0.2) is 0 Å². The molecule has 0 aromatic heterocycles. The van der Waals surface area contributed by atoms with Crippen molar-refractivity contribution in [2.45, 2.75) is 23.3 Å². The molecular weight excluding hydrogens is 497 g/mol. The maximum atomic E-state index is 12.6. The molecule has 2 aromatic carbocycles. The van der Waals surface area contributed by atoms with Gasteiger partial charge in [-0.15, -0.1) is 0 Å². The minimum absolute atomic E-state index is 0.00875. The van der Waals surface area contributed by atoms with E-state index in [1.54, 1.807) is 49.6 Å². The Morgan fingerprint density at radius 3 is 2.25 bits per heavy atom. The van der Waals surface area contributed by atoms with Gasteiger partial charge in [0.2, 0.25) is 9.70 Å². The molecule has 11 heteroatoms. The molecule has 3 N–H and O–H groups in total. The second-order valence-electron chi connectivity index (χ2n) is 6.45. The van der Waals surface area contributed by atoms with E-state index in [1.165, 1.54) is 7.11 Å². The highest BCUT2D eigenvalue weighted by molar-refractivity contribution is 7.80. The van der Waals surface area contributed by atoms with Gasteiger partial charge in [-0.1, -0.05) is 40.9 Å². The molecule has 0 fully saturated rings. The summed E-state index contributed by atoms with van der Waals surface area (Å²) >= 11 is 23.5. The van der Waals surface area contributed by atoms with E-state index in [-0.39, 0.29) is 11.5 Å². The Morgan fingerprint density at radius 1 is 1.03 bits per heavy atom. The van der Waals surface area contributed by atoms with Crippen molar-refractivity contribution in [2.24, 2.45) is 0 Å². The third-order valence-corrected chi connectivity index (χ3v) is 5.05. The van der Waals surface area contributed by atoms with Gasteiger partial charge in [0.15, 0.2) is 5.11 Å². The number of carbonyl (C=O) groups is 1. The first kappa shape index (κ1) is 26.1. The Labute approximate surface area is 207 Å². The van der Waals surface area contributed by atoms with Gasteiger partial charge >= 0.3 is 0 Å². The lowest BCUT2D eigenvalue weighted by molar-refractivity contribution is -0.121. The molecule has 2 rings (SSSR count). The predicted molar refractivity (Wildman–Crippen MR) is 132 cm³/mol. The lowest BCUT2D eigenvalue weighted by atomic mass is 10.1. The number of amides is 1. The van der Waals surface area contributed by atoms with Crippen molar-refractivity contribution < 1.29 is 19.0 Å². The van der Waals surface area contributed by atoms with Crippen LogP contribution in [0.3, 0.4) is 0 Å². The molecule has 0 spiro atoms. The van der Waals surface area contributed by atoms with Crippen molar-refractivity contribution in [1.82, 2.24) is 10.6 Å². The number of rotatable bonds is 9. The smallest absolute Gasteiger partial charge is 0.228 e. The Hall–Kier alpha value is -2.13. The first-order valence-corrected chi connectivity index (χ1v) is 11.1. The number of halogens is 3. The normalized spacial score (nSPS) is 11.8. The molecule has 0 aliphatic heterocycles. The van der Waals surface area contributed by atoms with Crippen LogP contribution in [0.4, 0.5) is 5.69 Å². The Bertz CT molecular complexity index is 923. The Kier molecular flexibility index (Phi) is 9.96. The van der Waals surface area contributed by atoms with E-state index in [1.807, 2.05) is 6.92 Å². The zero-order valence-corrected chi connectivity index (χ0v) is 20.8. The second-order valence-corrected chi connectivity index (χ2v) is 9.23. The van der Waals surface area contributed by atoms with E-state index in [0.717, 1.165) is 5.75 Å². The molecule has 32 heavy (non-hydrogen) atoms. The van der Waals surface area contributed by atoms with Crippen molar-refractivity contribution >= 4 is 63.7 Å². The number of thiocarbonyl (C=S) groups is 1. The first-order chi connectivity index (χ1) is 15.2. The summed E-state index contributed by atoms with van der Waals surface area (Å²) in [6, 6.07) is 12.3. The zero-order chi connectivity index (χ0) is 23.7. The lowest BCUT2D eigenvalue weighted by Gasteiger charge is -2.28. The molecule has 0 aliphatic carbocycles. The van der Waals surface area contributed by atoms with E-state index in [9.17, 15) is 4.79 Å². The van der Waals surface area contributed by atoms with Crippen LogP contribution < -0.4 is 30.2 Å². The van der Waals surface area contributed by atoms with Crippen molar-refractivity contribution in [2.75, 3.05) is 26.1 Å². The molecule has 2 aromatic rings. The van der Waals surface area contributed by atoms with Gasteiger partial charge in [0.1, 0.15) is 23.4 Å². The fourth-order valence-electron chi connectivity index (χ4n) is 2.68. The fraction of sp³-hybridized carbons (Fsp3) is 0.333. The number of alkyl halides is 3. The largest absolute Gasteiger partial charge is 0.497 e. The number of carbonyl (C=O) groups excluding carboxylic acids is 1. The predicted octanol–water partition coefficient (Wildman–Crippen LogP) is 4.44. The number of methoxy groups -OCH3 is 2. The summed E-state index contributed by atoms with van der Waals surface area (Å²) in [4.78, 5) is 12.6. The summed E-state index contributed by atoms with van der Waals surface area (Å²) in [7, 11) is 3.05. The summed E-state index contributed by atoms with van der Waals surface area (Å²) in [5.41, 5.74) is 1.34. The molecule has 0 bridgehead atoms. The van der Waals surface area contributed by atoms with Gasteiger partial charge in [0, 0.05) is 17.3 Å². The number of nitrogens with one attached hydrogen (secondary N) is 3. The number of ether oxygens (including phenoxy) is 3. The van der Waals surface area contributed by atoms with Crippen LogP contribution in [-0.2, 0) is 11.2 Å². The maximum Gasteiger partial charge on any atom is 0.228 e. The van der Waals surface area contributed by atoms with Crippen LogP contribution in [0.5, 0.6) is 17.2 Å². The third-order valence-electron chi connectivity index (χ3n) is 4.18. The molecule has 1 amide bonds. The fourth-order valence-corrected chi connectivity index (χ4v) is 3.25. The summed E-state index contributed by atoms with van der Waals surface area (Å²) in [6.07, 6.45) is -1.10. The number of hydrogen-bond donors (Lipinski definition) is 3. The van der Waals surface area contributed by atoms with Crippen molar-refractivity contribution in [3.63, 3.8) is 0 Å². The SMILES string of the molecule is CCOc1ccc(NC(=S)NC(NC(=O)Cc2ccc(OC)cc2OC)C(Cl)(Cl)Cl)cc1. The third kappa shape index (κ3) is 8.09. The zero-order valence-electron chi connectivity index (χ0n) is 17.7. The highest BCUT2D eigenvalue weighted by atomic mass is 35.6. The minimum atomic E-state index is -1.87. The summed E-state index contributed by atoms with van der Waals surface area (Å²) < 4.78 is 14.0. The Balaban J connectivity index is 2.02. The van der Waals surface area contributed by atoms with Crippen LogP contribution in [0.15, 0.2) is 42.5 Å². The van der Waals surface area contributed by atoms with Gasteiger partial charge in [0.25, 0.3) is 0 Å². The molecule has 0 saturated heterocycles. The minimum Gasteiger partial charge on any atom is -0.497 e. The van der Waals surface area contributed by atoms with Gasteiger partial charge in [-0.3, -0.25) is 4.79 Å². The average Bonchev–Trinajstić information content (AvgIpc) is 2.74. The van der Waals surface area contributed by atoms with E-state index in [2.05, 4.69) is 16.0 Å².